The summed E-state index contributed by atoms with van der Waals surface area (Å²) in [5.41, 5.74) is 2.19. The quantitative estimate of drug-likeness (QED) is 0.0815. The van der Waals surface area contributed by atoms with Crippen LogP contribution in [0.2, 0.25) is 0 Å². The van der Waals surface area contributed by atoms with Crippen molar-refractivity contribution in [1.29, 1.82) is 0 Å². The van der Waals surface area contributed by atoms with Gasteiger partial charge in [-0.15, -0.1) is 12.6 Å². The second-order valence-corrected chi connectivity index (χ2v) is 15.1. The number of hydrogen-bond donors (Lipinski definition) is 4. The van der Waals surface area contributed by atoms with Gasteiger partial charge in [0, 0.05) is 38.1 Å². The van der Waals surface area contributed by atoms with Crippen molar-refractivity contribution >= 4 is 47.4 Å². The van der Waals surface area contributed by atoms with Gasteiger partial charge in [0.05, 0.1) is 112 Å². The molecular formula is C29H47N9O7S2. The van der Waals surface area contributed by atoms with Gasteiger partial charge in [-0.1, -0.05) is 0 Å². The molecule has 0 aromatic carbocycles. The second kappa shape index (κ2) is 17.4. The molecule has 262 valence electrons. The van der Waals surface area contributed by atoms with Gasteiger partial charge in [-0.2, -0.15) is 0 Å². The first-order valence-corrected chi connectivity index (χ1v) is 15.7. The summed E-state index contributed by atoms with van der Waals surface area (Å²) in [5, 5.41) is 34.1. The number of carboxylic acid groups (broad SMARTS) is 3. The Hall–Kier alpha value is -3.71. The summed E-state index contributed by atoms with van der Waals surface area (Å²) in [6.07, 6.45) is 7.13. The van der Waals surface area contributed by atoms with Crippen LogP contribution >= 0.6 is 24.4 Å². The van der Waals surface area contributed by atoms with Crippen molar-refractivity contribution in [3.63, 3.8) is 0 Å². The van der Waals surface area contributed by atoms with E-state index in [1.807, 2.05) is 42.3 Å². The molecule has 16 nitrogen and oxygen atoms in total. The fourth-order valence-corrected chi connectivity index (χ4v) is 5.01. The molecule has 0 saturated carbocycles. The molecule has 3 heterocycles. The van der Waals surface area contributed by atoms with Crippen molar-refractivity contribution in [2.75, 3.05) is 63.4 Å². The fourth-order valence-electron chi connectivity index (χ4n) is 4.15. The Bertz CT molecular complexity index is 1450. The highest BCUT2D eigenvalue weighted by Gasteiger charge is 2.29. The summed E-state index contributed by atoms with van der Waals surface area (Å²) in [4.78, 5) is 64.5. The Morgan fingerprint density at radius 2 is 1.13 bits per heavy atom. The lowest BCUT2D eigenvalue weighted by molar-refractivity contribution is -0.889. The van der Waals surface area contributed by atoms with Gasteiger partial charge >= 0.3 is 0 Å². The van der Waals surface area contributed by atoms with Crippen LogP contribution in [-0.4, -0.2) is 148 Å². The van der Waals surface area contributed by atoms with Crippen molar-refractivity contribution in [3.8, 4) is 0 Å². The maximum Gasteiger partial charge on any atom is 0.192 e. The molecule has 0 spiro atoms. The molecule has 0 radical (unpaired) electrons. The second-order valence-electron chi connectivity index (χ2n) is 13.5. The number of carbonyl (C=O) groups is 4. The number of thioether (sulfide) groups is 1. The number of aromatic nitrogens is 6. The summed E-state index contributed by atoms with van der Waals surface area (Å²) < 4.78 is 0.876. The van der Waals surface area contributed by atoms with Crippen molar-refractivity contribution in [2.45, 2.75) is 54.4 Å². The molecule has 0 unspecified atom stereocenters. The number of H-pyrrole nitrogens is 3. The van der Waals surface area contributed by atoms with Crippen LogP contribution in [0.5, 0.6) is 0 Å². The number of thiol groups is 1. The highest BCUT2D eigenvalue weighted by Crippen LogP contribution is 2.22. The van der Waals surface area contributed by atoms with Gasteiger partial charge < -0.3 is 58.1 Å². The topological polar surface area (TPSA) is 223 Å². The molecular weight excluding hydrogens is 651 g/mol. The predicted molar refractivity (Wildman–Crippen MR) is 171 cm³/mol. The summed E-state index contributed by atoms with van der Waals surface area (Å²) in [7, 11) is 16.3. The Kier molecular flexibility index (Phi) is 15.3. The molecule has 3 N–H and O–H groups in total. The number of rotatable bonds is 13. The number of carbonyl (C=O) groups excluding carboxylic acids is 4. The third-order valence-corrected chi connectivity index (χ3v) is 8.22. The third-order valence-electron chi connectivity index (χ3n) is 7.00. The molecule has 0 amide bonds. The van der Waals surface area contributed by atoms with E-state index in [2.05, 4.69) is 42.5 Å². The number of nitrogens with one attached hydrogen (secondary N) is 3. The van der Waals surface area contributed by atoms with Crippen LogP contribution < -0.4 is 15.3 Å². The average Bonchev–Trinajstić information content (AvgIpc) is 3.65. The number of imidazole rings is 3. The fraction of sp³-hybridized carbons (Fsp3) is 0.552. The normalized spacial score (nSPS) is 13.7. The van der Waals surface area contributed by atoms with Gasteiger partial charge in [0.2, 0.25) is 0 Å². The van der Waals surface area contributed by atoms with Gasteiger partial charge in [0.15, 0.2) is 5.12 Å². The lowest BCUT2D eigenvalue weighted by Crippen LogP contribution is -2.56. The van der Waals surface area contributed by atoms with Gasteiger partial charge in [0.1, 0.15) is 28.2 Å². The van der Waals surface area contributed by atoms with Gasteiger partial charge in [-0.05, 0) is 11.8 Å². The first kappa shape index (κ1) is 41.3. The van der Waals surface area contributed by atoms with Gasteiger partial charge in [-0.3, -0.25) is 4.79 Å². The summed E-state index contributed by atoms with van der Waals surface area (Å²) in [6, 6.07) is -1.87. The molecule has 0 saturated heterocycles. The van der Waals surface area contributed by atoms with Crippen LogP contribution in [-0.2, 0) is 38.4 Å². The number of quaternary nitrogens is 3. The van der Waals surface area contributed by atoms with Crippen LogP contribution in [0.25, 0.3) is 0 Å². The summed E-state index contributed by atoms with van der Waals surface area (Å²) >= 11 is 5.12. The minimum Gasteiger partial charge on any atom is -0.544 e. The molecule has 3 atom stereocenters. The predicted octanol–water partition coefficient (Wildman–Crippen LogP) is -2.74. The van der Waals surface area contributed by atoms with Crippen molar-refractivity contribution in [2.24, 2.45) is 0 Å². The Balaban J connectivity index is 0.000000356. The Morgan fingerprint density at radius 1 is 0.702 bits per heavy atom. The molecule has 0 aliphatic heterocycles. The Morgan fingerprint density at radius 3 is 1.49 bits per heavy atom. The van der Waals surface area contributed by atoms with E-state index < -0.39 is 36.0 Å². The average molecular weight is 698 g/mol. The van der Waals surface area contributed by atoms with Crippen LogP contribution in [0.1, 0.15) is 24.0 Å². The lowest BCUT2D eigenvalue weighted by Gasteiger charge is -2.34. The molecule has 18 heteroatoms. The minimum atomic E-state index is -1.11. The first-order valence-electron chi connectivity index (χ1n) is 14.4. The standard InChI is InChI=1S/C11H17N3O3S.C9H15N3O2S.C9H15N3O2/c1-7(15)18-10-8(12-6-13-10)5-9(11(16)17)14(2,3)4;1-12(2,3)7(9(13)14)4-6-8(15)11-5-10-6;1-12(2,3)8(9(13)14)4-7-5-10-6-11-7/h6,9H,5H2,1-4H3,(H-,12,13,16,17);5,7H,4H2,1-3H3,(H2-,10,11,13,14,15);5-6,8H,4H2,1-3H3,(H-,10,11,13,14)/t9-;7-;8-/m000/s1. The van der Waals surface area contributed by atoms with E-state index in [1.54, 1.807) is 27.3 Å². The molecule has 47 heavy (non-hydrogen) atoms. The number of aliphatic carboxylic acids is 3. The van der Waals surface area contributed by atoms with E-state index in [0.29, 0.717) is 37.6 Å². The van der Waals surface area contributed by atoms with Crippen molar-refractivity contribution in [3.05, 3.63) is 42.3 Å². The first-order chi connectivity index (χ1) is 21.4. The van der Waals surface area contributed by atoms with Gasteiger partial charge in [-0.25, -0.2) is 15.0 Å². The van der Waals surface area contributed by atoms with E-state index in [-0.39, 0.29) is 16.0 Å². The number of carboxylic acids is 3. The van der Waals surface area contributed by atoms with Crippen LogP contribution in [0.3, 0.4) is 0 Å². The minimum absolute atomic E-state index is 0.0846. The van der Waals surface area contributed by atoms with E-state index in [1.165, 1.54) is 25.9 Å². The third kappa shape index (κ3) is 14.3. The highest BCUT2D eigenvalue weighted by molar-refractivity contribution is 8.13. The lowest BCUT2D eigenvalue weighted by atomic mass is 10.1. The number of aromatic amines is 3. The van der Waals surface area contributed by atoms with E-state index in [4.69, 9.17) is 0 Å². The zero-order valence-corrected chi connectivity index (χ0v) is 30.3. The zero-order chi connectivity index (χ0) is 36.3. The monoisotopic (exact) mass is 697 g/mol. The van der Waals surface area contributed by atoms with E-state index >= 15 is 0 Å². The molecule has 0 fully saturated rings. The van der Waals surface area contributed by atoms with Crippen LogP contribution in [0.4, 0.5) is 0 Å². The maximum atomic E-state index is 11.2. The molecule has 3 aromatic rings. The van der Waals surface area contributed by atoms with Crippen molar-refractivity contribution in [1.82, 2.24) is 29.9 Å². The number of likely N-dealkylation sites (N-methyl/N-ethyl adjacent to an activating group) is 3. The number of nitrogens with zero attached hydrogens (tertiary/aromatic N) is 6. The van der Waals surface area contributed by atoms with Gasteiger partial charge in [0.25, 0.3) is 0 Å². The Labute approximate surface area is 284 Å². The molecule has 3 rings (SSSR count). The molecule has 3 aromatic heterocycles. The van der Waals surface area contributed by atoms with Crippen molar-refractivity contribution < 1.29 is 47.9 Å². The zero-order valence-electron chi connectivity index (χ0n) is 28.6. The SMILES string of the molecule is CC(=O)Sc1nc[nH]c1C[C@@H](C(=O)[O-])[N+](C)(C)C.C[N+](C)(C)[C@@H](Cc1[nH]cnc1S)C(=O)[O-].C[N+](C)(C)[C@@H](Cc1cnc[nH]1)C(=O)[O-]. The largest absolute Gasteiger partial charge is 0.544 e. The van der Waals surface area contributed by atoms with Crippen LogP contribution in [0.15, 0.2) is 35.2 Å². The smallest absolute Gasteiger partial charge is 0.192 e. The van der Waals surface area contributed by atoms with E-state index in [9.17, 15) is 34.5 Å². The molecule has 0 aliphatic rings. The molecule has 0 aliphatic carbocycles. The summed E-state index contributed by atoms with van der Waals surface area (Å²) in [6.45, 7) is 1.44. The molecule has 0 bridgehead atoms. The maximum absolute atomic E-state index is 11.2. The number of hydrogen-bond acceptors (Lipinski definition) is 12. The highest BCUT2D eigenvalue weighted by atomic mass is 32.2. The van der Waals surface area contributed by atoms with Crippen LogP contribution in [0, 0.1) is 0 Å². The summed E-state index contributed by atoms with van der Waals surface area (Å²) in [5.74, 6) is -3.21. The van der Waals surface area contributed by atoms with E-state index in [0.717, 1.165) is 23.1 Å².